The van der Waals surface area contributed by atoms with E-state index in [0.717, 1.165) is 22.0 Å². The third kappa shape index (κ3) is 4.16. The van der Waals surface area contributed by atoms with E-state index in [1.807, 2.05) is 31.2 Å². The second-order valence-electron chi connectivity index (χ2n) is 7.36. The van der Waals surface area contributed by atoms with Crippen molar-refractivity contribution >= 4 is 27.5 Å². The Bertz CT molecular complexity index is 615. The fourth-order valence-corrected chi connectivity index (χ4v) is 3.53. The van der Waals surface area contributed by atoms with Crippen LogP contribution in [0.1, 0.15) is 57.1 Å². The lowest BCUT2D eigenvalue weighted by molar-refractivity contribution is -0.124. The molecule has 0 heterocycles. The molecular weight excluding hydrogens is 340 g/mol. The van der Waals surface area contributed by atoms with E-state index in [4.69, 9.17) is 0 Å². The average Bonchev–Trinajstić information content (AvgIpc) is 2.36. The summed E-state index contributed by atoms with van der Waals surface area (Å²) in [5, 5.41) is 0. The molecule has 1 aromatic rings. The van der Waals surface area contributed by atoms with Gasteiger partial charge in [-0.3, -0.25) is 9.59 Å². The van der Waals surface area contributed by atoms with E-state index in [1.54, 1.807) is 0 Å². The zero-order valence-corrected chi connectivity index (χ0v) is 15.3. The van der Waals surface area contributed by atoms with Gasteiger partial charge in [0, 0.05) is 17.3 Å². The Balaban J connectivity index is 2.20. The van der Waals surface area contributed by atoms with Crippen molar-refractivity contribution in [2.24, 2.45) is 5.41 Å². The maximum absolute atomic E-state index is 12.4. The first-order chi connectivity index (χ1) is 10.2. The second-order valence-corrected chi connectivity index (χ2v) is 8.21. The van der Waals surface area contributed by atoms with Crippen LogP contribution in [0.5, 0.6) is 0 Å². The Morgan fingerprint density at radius 3 is 2.27 bits per heavy atom. The summed E-state index contributed by atoms with van der Waals surface area (Å²) in [5.74, 6) is -0.0438. The highest BCUT2D eigenvalue weighted by Gasteiger charge is 2.32. The van der Waals surface area contributed by atoms with Crippen molar-refractivity contribution in [3.8, 4) is 0 Å². The summed E-state index contributed by atoms with van der Waals surface area (Å²) in [6, 6.07) is 6.09. The summed E-state index contributed by atoms with van der Waals surface area (Å²) in [6.07, 6.45) is 3.43. The van der Waals surface area contributed by atoms with Crippen LogP contribution in [0.15, 0.2) is 34.3 Å². The van der Waals surface area contributed by atoms with Crippen molar-refractivity contribution in [3.05, 3.63) is 45.4 Å². The number of carbonyl (C=O) groups is 2. The molecule has 0 amide bonds. The van der Waals surface area contributed by atoms with Crippen LogP contribution >= 0.6 is 15.9 Å². The lowest BCUT2D eigenvalue weighted by atomic mass is 9.78. The lowest BCUT2D eigenvalue weighted by Crippen LogP contribution is -2.25. The van der Waals surface area contributed by atoms with Gasteiger partial charge in [0.15, 0.2) is 11.6 Å². The van der Waals surface area contributed by atoms with E-state index in [-0.39, 0.29) is 22.9 Å². The van der Waals surface area contributed by atoms with Gasteiger partial charge in [0.2, 0.25) is 0 Å². The maximum Gasteiger partial charge on any atom is 0.166 e. The Morgan fingerprint density at radius 1 is 1.18 bits per heavy atom. The third-order valence-corrected chi connectivity index (χ3v) is 4.67. The molecule has 0 unspecified atom stereocenters. The molecule has 0 atom stereocenters. The number of allylic oxidation sites excluding steroid dienone is 2. The predicted molar refractivity (Wildman–Crippen MR) is 93.0 cm³/mol. The monoisotopic (exact) mass is 362 g/mol. The number of hydrogen-bond donors (Lipinski definition) is 0. The van der Waals surface area contributed by atoms with E-state index in [1.165, 1.54) is 0 Å². The van der Waals surface area contributed by atoms with Crippen LogP contribution in [-0.4, -0.2) is 11.6 Å². The number of carbonyl (C=O) groups excluding carboxylic acids is 2. The predicted octanol–water partition coefficient (Wildman–Crippen LogP) is 5.14. The molecule has 2 rings (SSSR count). The molecule has 0 N–H and O–H groups in total. The summed E-state index contributed by atoms with van der Waals surface area (Å²) in [4.78, 5) is 24.8. The van der Waals surface area contributed by atoms with Gasteiger partial charge in [-0.25, -0.2) is 0 Å². The Hall–Kier alpha value is -1.22. The van der Waals surface area contributed by atoms with Crippen LogP contribution in [0.25, 0.3) is 0 Å². The fourth-order valence-electron chi connectivity index (χ4n) is 2.71. The van der Waals surface area contributed by atoms with Crippen LogP contribution in [0.3, 0.4) is 0 Å². The Labute approximate surface area is 141 Å². The summed E-state index contributed by atoms with van der Waals surface area (Å²) in [7, 11) is 0. The van der Waals surface area contributed by atoms with Crippen LogP contribution in [-0.2, 0) is 9.59 Å². The molecule has 1 aliphatic rings. The SMILES string of the molecule is Cc1ccc(C2CC(=O)C(=CCC(C)(C)C)C(=O)C2)c(Br)c1. The Kier molecular flexibility index (Phi) is 5.06. The topological polar surface area (TPSA) is 34.1 Å². The molecule has 0 radical (unpaired) electrons. The van der Waals surface area contributed by atoms with E-state index in [2.05, 4.69) is 36.7 Å². The number of Topliss-reactive ketones (excluding diaryl/α,β-unsaturated/α-hetero) is 2. The van der Waals surface area contributed by atoms with Gasteiger partial charge < -0.3 is 0 Å². The zero-order valence-electron chi connectivity index (χ0n) is 13.7. The molecule has 0 aromatic heterocycles. The molecule has 0 bridgehead atoms. The first kappa shape index (κ1) is 17.1. The third-order valence-electron chi connectivity index (χ3n) is 3.98. The number of hydrogen-bond acceptors (Lipinski definition) is 2. The van der Waals surface area contributed by atoms with Gasteiger partial charge >= 0.3 is 0 Å². The van der Waals surface area contributed by atoms with E-state index in [0.29, 0.717) is 18.4 Å². The van der Waals surface area contributed by atoms with Gasteiger partial charge in [0.1, 0.15) is 0 Å². The van der Waals surface area contributed by atoms with Crippen molar-refractivity contribution in [3.63, 3.8) is 0 Å². The highest BCUT2D eigenvalue weighted by atomic mass is 79.9. The molecule has 0 spiro atoms. The second kappa shape index (κ2) is 6.49. The first-order valence-electron chi connectivity index (χ1n) is 7.70. The molecule has 1 aromatic carbocycles. The smallest absolute Gasteiger partial charge is 0.166 e. The van der Waals surface area contributed by atoms with Crippen molar-refractivity contribution in [2.45, 2.75) is 52.9 Å². The van der Waals surface area contributed by atoms with E-state index < -0.39 is 0 Å². The van der Waals surface area contributed by atoms with Gasteiger partial charge in [-0.05, 0) is 41.9 Å². The number of halogens is 1. The quantitative estimate of drug-likeness (QED) is 0.539. The fraction of sp³-hybridized carbons (Fsp3) is 0.474. The lowest BCUT2D eigenvalue weighted by Gasteiger charge is -2.24. The molecule has 118 valence electrons. The van der Waals surface area contributed by atoms with Crippen LogP contribution in [0.2, 0.25) is 0 Å². The minimum atomic E-state index is -0.0158. The van der Waals surface area contributed by atoms with Gasteiger partial charge in [0.05, 0.1) is 5.57 Å². The molecule has 0 saturated heterocycles. The van der Waals surface area contributed by atoms with Crippen molar-refractivity contribution < 1.29 is 9.59 Å². The summed E-state index contributed by atoms with van der Waals surface area (Å²) >= 11 is 3.56. The summed E-state index contributed by atoms with van der Waals surface area (Å²) in [5.41, 5.74) is 2.72. The average molecular weight is 363 g/mol. The summed E-state index contributed by atoms with van der Waals surface area (Å²) in [6.45, 7) is 8.34. The Morgan fingerprint density at radius 2 is 1.77 bits per heavy atom. The summed E-state index contributed by atoms with van der Waals surface area (Å²) < 4.78 is 0.986. The number of ketones is 2. The van der Waals surface area contributed by atoms with E-state index >= 15 is 0 Å². The van der Waals surface area contributed by atoms with Gasteiger partial charge in [0.25, 0.3) is 0 Å². The van der Waals surface area contributed by atoms with E-state index in [9.17, 15) is 9.59 Å². The molecule has 2 nitrogen and oxygen atoms in total. The van der Waals surface area contributed by atoms with Crippen molar-refractivity contribution in [2.75, 3.05) is 0 Å². The normalized spacial score (nSPS) is 19.5. The molecule has 3 heteroatoms. The molecular formula is C19H23BrO2. The standard InChI is InChI=1S/C19H23BrO2/c1-12-5-6-14(16(20)9-12)13-10-17(21)15(18(22)11-13)7-8-19(2,3)4/h5-7,9,13H,8,10-11H2,1-4H3. The van der Waals surface area contributed by atoms with Crippen molar-refractivity contribution in [1.82, 2.24) is 0 Å². The van der Waals surface area contributed by atoms with Crippen LogP contribution in [0.4, 0.5) is 0 Å². The molecule has 22 heavy (non-hydrogen) atoms. The minimum Gasteiger partial charge on any atom is -0.294 e. The number of benzene rings is 1. The number of aryl methyl sites for hydroxylation is 1. The van der Waals surface area contributed by atoms with Crippen LogP contribution in [0, 0.1) is 12.3 Å². The van der Waals surface area contributed by atoms with Crippen molar-refractivity contribution in [1.29, 1.82) is 0 Å². The van der Waals surface area contributed by atoms with Gasteiger partial charge in [-0.15, -0.1) is 0 Å². The molecule has 1 fully saturated rings. The molecule has 1 aliphatic carbocycles. The molecule has 0 aliphatic heterocycles. The highest BCUT2D eigenvalue weighted by molar-refractivity contribution is 9.10. The maximum atomic E-state index is 12.4. The minimum absolute atomic E-state index is 0.0123. The number of rotatable bonds is 2. The zero-order chi connectivity index (χ0) is 16.5. The van der Waals surface area contributed by atoms with Gasteiger partial charge in [-0.2, -0.15) is 0 Å². The van der Waals surface area contributed by atoms with Crippen LogP contribution < -0.4 is 0 Å². The molecule has 1 saturated carbocycles. The first-order valence-corrected chi connectivity index (χ1v) is 8.49. The van der Waals surface area contributed by atoms with Gasteiger partial charge in [-0.1, -0.05) is 54.9 Å². The highest BCUT2D eigenvalue weighted by Crippen LogP contribution is 2.36. The largest absolute Gasteiger partial charge is 0.294 e.